The molecule has 4 heterocycles. The van der Waals surface area contributed by atoms with Crippen LogP contribution in [0.25, 0.3) is 16.7 Å². The van der Waals surface area contributed by atoms with Crippen LogP contribution in [0.5, 0.6) is 5.88 Å². The van der Waals surface area contributed by atoms with Gasteiger partial charge in [0.25, 0.3) is 5.56 Å². The van der Waals surface area contributed by atoms with Gasteiger partial charge in [0.15, 0.2) is 5.65 Å². The number of aryl methyl sites for hydroxylation is 3. The normalized spacial score (nSPS) is 15.2. The lowest BCUT2D eigenvalue weighted by Crippen LogP contribution is -2.46. The lowest BCUT2D eigenvalue weighted by atomic mass is 10.2. The number of methoxy groups -OCH3 is 1. The highest BCUT2D eigenvalue weighted by Gasteiger charge is 2.20. The van der Waals surface area contributed by atoms with Crippen molar-refractivity contribution in [2.24, 2.45) is 0 Å². The second-order valence-corrected chi connectivity index (χ2v) is 9.61. The molecule has 0 amide bonds. The highest BCUT2D eigenvalue weighted by Crippen LogP contribution is 2.21. The Kier molecular flexibility index (Phi) is 7.34. The minimum Gasteiger partial charge on any atom is -0.481 e. The van der Waals surface area contributed by atoms with Crippen molar-refractivity contribution in [3.8, 4) is 5.88 Å². The largest absolute Gasteiger partial charge is 0.481 e. The van der Waals surface area contributed by atoms with Crippen molar-refractivity contribution in [1.82, 2.24) is 28.7 Å². The van der Waals surface area contributed by atoms with Gasteiger partial charge in [-0.25, -0.2) is 4.98 Å². The van der Waals surface area contributed by atoms with Crippen LogP contribution in [0.15, 0.2) is 47.3 Å². The third-order valence-electron chi connectivity index (χ3n) is 7.25. The second kappa shape index (κ2) is 10.8. The van der Waals surface area contributed by atoms with Crippen LogP contribution < -0.4 is 10.3 Å². The predicted octanol–water partition coefficient (Wildman–Crippen LogP) is 3.52. The molecule has 0 aliphatic carbocycles. The summed E-state index contributed by atoms with van der Waals surface area (Å²) >= 11 is 0. The van der Waals surface area contributed by atoms with E-state index in [-0.39, 0.29) is 5.56 Å². The van der Waals surface area contributed by atoms with Crippen molar-refractivity contribution in [2.75, 3.05) is 39.8 Å². The molecule has 0 unspecified atom stereocenters. The van der Waals surface area contributed by atoms with E-state index in [1.54, 1.807) is 7.11 Å². The Balaban J connectivity index is 1.25. The number of benzene rings is 1. The van der Waals surface area contributed by atoms with Crippen LogP contribution >= 0.6 is 0 Å². The van der Waals surface area contributed by atoms with E-state index < -0.39 is 0 Å². The van der Waals surface area contributed by atoms with Crippen LogP contribution in [-0.2, 0) is 19.5 Å². The van der Waals surface area contributed by atoms with Crippen molar-refractivity contribution >= 4 is 16.7 Å². The third kappa shape index (κ3) is 4.88. The summed E-state index contributed by atoms with van der Waals surface area (Å²) in [4.78, 5) is 28.0. The number of ether oxygens (including phenoxy) is 1. The quantitative estimate of drug-likeness (QED) is 0.336. The van der Waals surface area contributed by atoms with E-state index in [0.717, 1.165) is 81.2 Å². The fraction of sp³-hybridized carbons (Fsp3) is 0.464. The highest BCUT2D eigenvalue weighted by atomic mass is 16.5. The number of nitrogens with zero attached hydrogens (tertiary/aromatic N) is 6. The Hall–Kier alpha value is -3.23. The van der Waals surface area contributed by atoms with Crippen LogP contribution in [0.3, 0.4) is 0 Å². The molecule has 0 atom stereocenters. The first-order chi connectivity index (χ1) is 17.6. The Morgan fingerprint density at radius 1 is 0.917 bits per heavy atom. The number of hydrogen-bond donors (Lipinski definition) is 0. The molecule has 1 aromatic carbocycles. The molecule has 0 saturated carbocycles. The highest BCUT2D eigenvalue weighted by molar-refractivity contribution is 5.77. The molecular weight excluding hydrogens is 452 g/mol. The molecule has 0 radical (unpaired) electrons. The monoisotopic (exact) mass is 488 g/mol. The first kappa shape index (κ1) is 24.5. The van der Waals surface area contributed by atoms with Gasteiger partial charge in [0.05, 0.1) is 18.3 Å². The minimum atomic E-state index is 0.00805. The molecule has 0 N–H and O–H groups in total. The maximum atomic E-state index is 13.6. The fourth-order valence-corrected chi connectivity index (χ4v) is 5.29. The lowest BCUT2D eigenvalue weighted by molar-refractivity contribution is 0.125. The number of rotatable bonds is 9. The molecule has 1 fully saturated rings. The Morgan fingerprint density at radius 3 is 2.36 bits per heavy atom. The topological polar surface area (TPSA) is 67.9 Å². The molecule has 3 aromatic heterocycles. The molecular formula is C28H36N6O2. The summed E-state index contributed by atoms with van der Waals surface area (Å²) in [6.07, 6.45) is 2.72. The number of piperazine rings is 1. The second-order valence-electron chi connectivity index (χ2n) is 9.61. The summed E-state index contributed by atoms with van der Waals surface area (Å²) in [6, 6.07) is 14.5. The lowest BCUT2D eigenvalue weighted by Gasteiger charge is -2.34. The Labute approximate surface area is 212 Å². The molecule has 5 rings (SSSR count). The molecule has 0 bridgehead atoms. The Bertz CT molecular complexity index is 1390. The Morgan fingerprint density at radius 2 is 1.64 bits per heavy atom. The minimum absolute atomic E-state index is 0.00805. The van der Waals surface area contributed by atoms with E-state index in [1.165, 1.54) is 5.56 Å². The molecule has 8 heteroatoms. The average Bonchev–Trinajstić information content (AvgIpc) is 3.26. The summed E-state index contributed by atoms with van der Waals surface area (Å²) in [5, 5.41) is 0. The molecule has 1 aliphatic heterocycles. The van der Waals surface area contributed by atoms with Gasteiger partial charge in [-0.2, -0.15) is 4.98 Å². The SMILES string of the molecule is CCc1nc(C)c2c(=O)n(CCCCN3CCN(Cc4ccccc4)CC3)c3ccc(OC)nc3n12. The molecule has 1 aliphatic rings. The van der Waals surface area contributed by atoms with Crippen LogP contribution in [0.1, 0.15) is 36.8 Å². The summed E-state index contributed by atoms with van der Waals surface area (Å²) in [5.41, 5.74) is 4.33. The zero-order valence-electron chi connectivity index (χ0n) is 21.6. The van der Waals surface area contributed by atoms with Gasteiger partial charge < -0.3 is 14.2 Å². The third-order valence-corrected chi connectivity index (χ3v) is 7.25. The predicted molar refractivity (Wildman–Crippen MR) is 143 cm³/mol. The first-order valence-electron chi connectivity index (χ1n) is 13.0. The van der Waals surface area contributed by atoms with Crippen molar-refractivity contribution in [1.29, 1.82) is 0 Å². The fourth-order valence-electron chi connectivity index (χ4n) is 5.29. The molecule has 36 heavy (non-hydrogen) atoms. The maximum Gasteiger partial charge on any atom is 0.277 e. The van der Waals surface area contributed by atoms with Crippen molar-refractivity contribution in [3.05, 3.63) is 69.9 Å². The van der Waals surface area contributed by atoms with Crippen molar-refractivity contribution in [3.63, 3.8) is 0 Å². The average molecular weight is 489 g/mol. The van der Waals surface area contributed by atoms with E-state index >= 15 is 0 Å². The van der Waals surface area contributed by atoms with E-state index in [2.05, 4.69) is 45.1 Å². The van der Waals surface area contributed by atoms with E-state index in [0.29, 0.717) is 17.9 Å². The molecule has 0 spiro atoms. The van der Waals surface area contributed by atoms with Crippen LogP contribution in [0.4, 0.5) is 0 Å². The van der Waals surface area contributed by atoms with Crippen molar-refractivity contribution in [2.45, 2.75) is 46.2 Å². The summed E-state index contributed by atoms with van der Waals surface area (Å²) in [7, 11) is 1.61. The van der Waals surface area contributed by atoms with Gasteiger partial charge in [-0.05, 0) is 37.9 Å². The van der Waals surface area contributed by atoms with Gasteiger partial charge in [0.1, 0.15) is 11.3 Å². The number of aromatic nitrogens is 4. The summed E-state index contributed by atoms with van der Waals surface area (Å²) in [6.45, 7) is 11.1. The molecule has 1 saturated heterocycles. The van der Waals surface area contributed by atoms with Crippen LogP contribution in [0, 0.1) is 6.92 Å². The summed E-state index contributed by atoms with van der Waals surface area (Å²) < 4.78 is 9.18. The first-order valence-corrected chi connectivity index (χ1v) is 13.0. The van der Waals surface area contributed by atoms with Crippen LogP contribution in [0.2, 0.25) is 0 Å². The van der Waals surface area contributed by atoms with Gasteiger partial charge in [0, 0.05) is 51.8 Å². The standard InChI is InChI=1S/C28H36N6O2/c1-4-24-29-21(2)26-28(35)33(23-12-13-25(36-3)30-27(23)34(24)26)15-9-8-14-31-16-18-32(19-17-31)20-22-10-6-5-7-11-22/h5-7,10-13H,4,8-9,14-20H2,1-3H3. The zero-order valence-corrected chi connectivity index (χ0v) is 21.6. The zero-order chi connectivity index (χ0) is 25.1. The number of imidazole rings is 1. The smallest absolute Gasteiger partial charge is 0.277 e. The van der Waals surface area contributed by atoms with E-state index in [9.17, 15) is 4.79 Å². The van der Waals surface area contributed by atoms with E-state index in [1.807, 2.05) is 34.9 Å². The summed E-state index contributed by atoms with van der Waals surface area (Å²) in [5.74, 6) is 1.39. The number of fused-ring (bicyclic) bond motifs is 3. The maximum absolute atomic E-state index is 13.6. The van der Waals surface area contributed by atoms with Gasteiger partial charge in [-0.1, -0.05) is 37.3 Å². The van der Waals surface area contributed by atoms with Gasteiger partial charge in [-0.3, -0.25) is 14.1 Å². The van der Waals surface area contributed by atoms with Gasteiger partial charge in [0.2, 0.25) is 5.88 Å². The van der Waals surface area contributed by atoms with Crippen molar-refractivity contribution < 1.29 is 4.74 Å². The molecule has 8 nitrogen and oxygen atoms in total. The van der Waals surface area contributed by atoms with Crippen LogP contribution in [-0.4, -0.2) is 68.6 Å². The molecule has 190 valence electrons. The van der Waals surface area contributed by atoms with Gasteiger partial charge in [-0.15, -0.1) is 0 Å². The number of unbranched alkanes of at least 4 members (excludes halogenated alkanes) is 1. The van der Waals surface area contributed by atoms with E-state index in [4.69, 9.17) is 9.72 Å². The number of pyridine rings is 1. The number of hydrogen-bond acceptors (Lipinski definition) is 6. The van der Waals surface area contributed by atoms with Gasteiger partial charge >= 0.3 is 0 Å². The molecule has 4 aromatic rings.